The maximum Gasteiger partial charge on any atom is 0.291 e. The van der Waals surface area contributed by atoms with Crippen molar-refractivity contribution in [2.24, 2.45) is 0 Å². The molecular weight excluding hydrogens is 448 g/mol. The molecule has 3 aromatic carbocycles. The van der Waals surface area contributed by atoms with Crippen LogP contribution in [0.2, 0.25) is 0 Å². The fourth-order valence-electron chi connectivity index (χ4n) is 3.58. The van der Waals surface area contributed by atoms with E-state index < -0.39 is 10.8 Å². The Morgan fingerprint density at radius 3 is 2.34 bits per heavy atom. The van der Waals surface area contributed by atoms with E-state index in [1.165, 1.54) is 24.3 Å². The van der Waals surface area contributed by atoms with Crippen molar-refractivity contribution in [3.63, 3.8) is 0 Å². The molecule has 0 saturated carbocycles. The van der Waals surface area contributed by atoms with E-state index in [0.29, 0.717) is 17.3 Å². The van der Waals surface area contributed by atoms with Crippen molar-refractivity contribution in [1.82, 2.24) is 0 Å². The van der Waals surface area contributed by atoms with E-state index in [1.807, 2.05) is 57.2 Å². The second-order valence-corrected chi connectivity index (χ2v) is 8.22. The van der Waals surface area contributed by atoms with E-state index in [9.17, 15) is 14.9 Å². The summed E-state index contributed by atoms with van der Waals surface area (Å²) in [4.78, 5) is 23.6. The summed E-state index contributed by atoms with van der Waals surface area (Å²) in [5.74, 6) is 1.44. The molecule has 1 N–H and O–H groups in total. The zero-order chi connectivity index (χ0) is 24.9. The molecule has 0 saturated heterocycles. The standard InChI is InChI=1S/C27H24N2O6/c1-17-5-4-6-22(10-17)34-25-14-20(13-21(15-25)29(31)32)28-27(30)26-8-7-23(35-26)16-33-24-11-18(2)9-19(3)12-24/h4-15H,16H2,1-3H3,(H,28,30). The highest BCUT2D eigenvalue weighted by atomic mass is 16.6. The number of amides is 1. The molecule has 4 aromatic rings. The number of nitro groups is 1. The largest absolute Gasteiger partial charge is 0.486 e. The third kappa shape index (κ3) is 6.26. The molecule has 1 aromatic heterocycles. The van der Waals surface area contributed by atoms with Crippen molar-refractivity contribution in [2.75, 3.05) is 5.32 Å². The fourth-order valence-corrected chi connectivity index (χ4v) is 3.58. The molecule has 0 unspecified atom stereocenters. The lowest BCUT2D eigenvalue weighted by Crippen LogP contribution is -2.11. The molecule has 0 aliphatic rings. The SMILES string of the molecule is Cc1cc(C)cc(OCc2ccc(C(=O)Nc3cc(Oc4cccc(C)c4)cc([N+](=O)[O-])c3)o2)c1. The highest BCUT2D eigenvalue weighted by Crippen LogP contribution is 2.30. The summed E-state index contributed by atoms with van der Waals surface area (Å²) >= 11 is 0. The van der Waals surface area contributed by atoms with E-state index in [4.69, 9.17) is 13.9 Å². The molecule has 0 bridgehead atoms. The Bertz CT molecular complexity index is 1370. The Labute approximate surface area is 202 Å². The van der Waals surface area contributed by atoms with Crippen LogP contribution in [0.1, 0.15) is 33.0 Å². The quantitative estimate of drug-likeness (QED) is 0.225. The molecule has 178 valence electrons. The fraction of sp³-hybridized carbons (Fsp3) is 0.148. The highest BCUT2D eigenvalue weighted by Gasteiger charge is 2.16. The van der Waals surface area contributed by atoms with Gasteiger partial charge in [-0.05, 0) is 73.9 Å². The number of hydrogen-bond acceptors (Lipinski definition) is 6. The van der Waals surface area contributed by atoms with Crippen LogP contribution in [0.25, 0.3) is 0 Å². The van der Waals surface area contributed by atoms with Gasteiger partial charge in [0.1, 0.15) is 29.6 Å². The molecular formula is C27H24N2O6. The van der Waals surface area contributed by atoms with Crippen molar-refractivity contribution in [2.45, 2.75) is 27.4 Å². The average molecular weight is 472 g/mol. The Kier molecular flexibility index (Phi) is 6.82. The Balaban J connectivity index is 1.46. The summed E-state index contributed by atoms with van der Waals surface area (Å²) < 4.78 is 17.2. The monoisotopic (exact) mass is 472 g/mol. The smallest absolute Gasteiger partial charge is 0.291 e. The van der Waals surface area contributed by atoms with Crippen LogP contribution in [0.5, 0.6) is 17.2 Å². The maximum absolute atomic E-state index is 12.7. The van der Waals surface area contributed by atoms with Gasteiger partial charge in [-0.3, -0.25) is 14.9 Å². The zero-order valence-electron chi connectivity index (χ0n) is 19.5. The maximum atomic E-state index is 12.7. The summed E-state index contributed by atoms with van der Waals surface area (Å²) in [5, 5.41) is 14.0. The molecule has 35 heavy (non-hydrogen) atoms. The summed E-state index contributed by atoms with van der Waals surface area (Å²) in [6.45, 7) is 6.04. The minimum atomic E-state index is -0.551. The molecule has 0 aliphatic heterocycles. The van der Waals surface area contributed by atoms with Crippen molar-refractivity contribution < 1.29 is 23.6 Å². The molecule has 4 rings (SSSR count). The number of nitrogens with zero attached hydrogens (tertiary/aromatic N) is 1. The Morgan fingerprint density at radius 1 is 0.886 bits per heavy atom. The van der Waals surface area contributed by atoms with Gasteiger partial charge in [-0.25, -0.2) is 0 Å². The molecule has 1 amide bonds. The van der Waals surface area contributed by atoms with Gasteiger partial charge in [0.25, 0.3) is 11.6 Å². The number of nitro benzene ring substituents is 1. The van der Waals surface area contributed by atoms with Crippen molar-refractivity contribution in [1.29, 1.82) is 0 Å². The zero-order valence-corrected chi connectivity index (χ0v) is 19.5. The molecule has 0 aliphatic carbocycles. The topological polar surface area (TPSA) is 104 Å². The first kappa shape index (κ1) is 23.6. The number of anilines is 1. The van der Waals surface area contributed by atoms with Crippen LogP contribution < -0.4 is 14.8 Å². The molecule has 1 heterocycles. The number of carbonyl (C=O) groups excluding carboxylic acids is 1. The summed E-state index contributed by atoms with van der Waals surface area (Å²) in [5.41, 5.74) is 3.14. The van der Waals surface area contributed by atoms with Gasteiger partial charge in [0.05, 0.1) is 16.7 Å². The molecule has 0 atom stereocenters. The number of nitrogens with one attached hydrogen (secondary N) is 1. The predicted molar refractivity (Wildman–Crippen MR) is 131 cm³/mol. The van der Waals surface area contributed by atoms with E-state index in [0.717, 1.165) is 16.7 Å². The number of aryl methyl sites for hydroxylation is 3. The minimum Gasteiger partial charge on any atom is -0.486 e. The second kappa shape index (κ2) is 10.1. The third-order valence-electron chi connectivity index (χ3n) is 5.05. The van der Waals surface area contributed by atoms with Crippen LogP contribution in [0.3, 0.4) is 0 Å². The van der Waals surface area contributed by atoms with E-state index in [1.54, 1.807) is 12.1 Å². The number of carbonyl (C=O) groups is 1. The first-order valence-corrected chi connectivity index (χ1v) is 10.9. The number of rotatable bonds is 8. The lowest BCUT2D eigenvalue weighted by molar-refractivity contribution is -0.384. The van der Waals surface area contributed by atoms with Crippen molar-refractivity contribution in [3.05, 3.63) is 111 Å². The van der Waals surface area contributed by atoms with Gasteiger partial charge < -0.3 is 19.2 Å². The lowest BCUT2D eigenvalue weighted by Gasteiger charge is -2.09. The van der Waals surface area contributed by atoms with Gasteiger partial charge in [0.15, 0.2) is 5.76 Å². The highest BCUT2D eigenvalue weighted by molar-refractivity contribution is 6.02. The van der Waals surface area contributed by atoms with Crippen LogP contribution >= 0.6 is 0 Å². The van der Waals surface area contributed by atoms with Crippen LogP contribution in [-0.4, -0.2) is 10.8 Å². The first-order chi connectivity index (χ1) is 16.7. The van der Waals surface area contributed by atoms with E-state index in [2.05, 4.69) is 5.32 Å². The minimum absolute atomic E-state index is 0.0525. The number of benzene rings is 3. The van der Waals surface area contributed by atoms with Gasteiger partial charge >= 0.3 is 0 Å². The van der Waals surface area contributed by atoms with Gasteiger partial charge in [-0.15, -0.1) is 0 Å². The second-order valence-electron chi connectivity index (χ2n) is 8.22. The van der Waals surface area contributed by atoms with Crippen LogP contribution in [0.15, 0.2) is 77.2 Å². The average Bonchev–Trinajstić information content (AvgIpc) is 3.26. The first-order valence-electron chi connectivity index (χ1n) is 10.9. The molecule has 0 fully saturated rings. The molecule has 0 spiro atoms. The summed E-state index contributed by atoms with van der Waals surface area (Å²) in [6.07, 6.45) is 0. The summed E-state index contributed by atoms with van der Waals surface area (Å²) in [7, 11) is 0. The molecule has 8 heteroatoms. The number of ether oxygens (including phenoxy) is 2. The van der Waals surface area contributed by atoms with Gasteiger partial charge in [-0.2, -0.15) is 0 Å². The van der Waals surface area contributed by atoms with Gasteiger partial charge in [0, 0.05) is 12.1 Å². The van der Waals surface area contributed by atoms with Gasteiger partial charge in [0.2, 0.25) is 0 Å². The molecule has 8 nitrogen and oxygen atoms in total. The Morgan fingerprint density at radius 2 is 1.63 bits per heavy atom. The number of furan rings is 1. The van der Waals surface area contributed by atoms with E-state index >= 15 is 0 Å². The van der Waals surface area contributed by atoms with E-state index in [-0.39, 0.29) is 29.5 Å². The van der Waals surface area contributed by atoms with Crippen LogP contribution in [-0.2, 0) is 6.61 Å². The summed E-state index contributed by atoms with van der Waals surface area (Å²) in [6, 6.07) is 20.4. The lowest BCUT2D eigenvalue weighted by atomic mass is 10.1. The Hall–Kier alpha value is -4.59. The molecule has 0 radical (unpaired) electrons. The van der Waals surface area contributed by atoms with Crippen molar-refractivity contribution >= 4 is 17.3 Å². The van der Waals surface area contributed by atoms with Crippen molar-refractivity contribution in [3.8, 4) is 17.2 Å². The number of non-ortho nitro benzene ring substituents is 1. The van der Waals surface area contributed by atoms with Gasteiger partial charge in [-0.1, -0.05) is 18.2 Å². The normalized spacial score (nSPS) is 10.6. The van der Waals surface area contributed by atoms with Crippen LogP contribution in [0, 0.1) is 30.9 Å². The third-order valence-corrected chi connectivity index (χ3v) is 5.05. The predicted octanol–water partition coefficient (Wildman–Crippen LogP) is 6.74. The van der Waals surface area contributed by atoms with Crippen LogP contribution in [0.4, 0.5) is 11.4 Å². The number of hydrogen-bond donors (Lipinski definition) is 1.